The third kappa shape index (κ3) is 6.52. The standard InChI is InChI=1S/C15H22N2O2S/c1-10(2)9-14(18)17-15(20)16-12-5-7-13(8-6-12)19-11(3)4/h5-8,10-11H,9H2,1-4H3,(H2,16,17,18,20). The van der Waals surface area contributed by atoms with E-state index in [1.54, 1.807) is 0 Å². The zero-order valence-corrected chi connectivity index (χ0v) is 13.2. The van der Waals surface area contributed by atoms with E-state index >= 15 is 0 Å². The molecular formula is C15H22N2O2S. The quantitative estimate of drug-likeness (QED) is 0.818. The van der Waals surface area contributed by atoms with Crippen molar-refractivity contribution in [1.29, 1.82) is 0 Å². The fraction of sp³-hybridized carbons (Fsp3) is 0.467. The average molecular weight is 294 g/mol. The molecule has 20 heavy (non-hydrogen) atoms. The minimum atomic E-state index is -0.0720. The van der Waals surface area contributed by atoms with Crippen LogP contribution in [0.2, 0.25) is 0 Å². The second-order valence-corrected chi connectivity index (χ2v) is 5.70. The molecule has 0 aliphatic heterocycles. The number of anilines is 1. The number of rotatable bonds is 5. The van der Waals surface area contributed by atoms with E-state index in [9.17, 15) is 4.79 Å². The van der Waals surface area contributed by atoms with Crippen LogP contribution in [-0.4, -0.2) is 17.1 Å². The van der Waals surface area contributed by atoms with E-state index in [1.165, 1.54) is 0 Å². The molecule has 0 aliphatic carbocycles. The van der Waals surface area contributed by atoms with Gasteiger partial charge >= 0.3 is 0 Å². The van der Waals surface area contributed by atoms with Crippen LogP contribution < -0.4 is 15.4 Å². The van der Waals surface area contributed by atoms with E-state index in [0.717, 1.165) is 11.4 Å². The van der Waals surface area contributed by atoms with Crippen molar-refractivity contribution in [2.75, 3.05) is 5.32 Å². The topological polar surface area (TPSA) is 50.4 Å². The predicted octanol–water partition coefficient (Wildman–Crippen LogP) is 3.33. The highest BCUT2D eigenvalue weighted by molar-refractivity contribution is 7.80. The number of thiocarbonyl (C=S) groups is 1. The molecular weight excluding hydrogens is 272 g/mol. The van der Waals surface area contributed by atoms with Gasteiger partial charge in [-0.3, -0.25) is 4.79 Å². The van der Waals surface area contributed by atoms with Crippen molar-refractivity contribution >= 4 is 28.9 Å². The van der Waals surface area contributed by atoms with Gasteiger partial charge in [0.15, 0.2) is 5.11 Å². The number of amides is 1. The lowest BCUT2D eigenvalue weighted by atomic mass is 10.1. The first-order valence-electron chi connectivity index (χ1n) is 6.74. The summed E-state index contributed by atoms with van der Waals surface area (Å²) in [5.74, 6) is 1.04. The average Bonchev–Trinajstić information content (AvgIpc) is 2.29. The maximum atomic E-state index is 11.6. The highest BCUT2D eigenvalue weighted by Gasteiger charge is 2.07. The fourth-order valence-corrected chi connectivity index (χ4v) is 1.83. The molecule has 1 rings (SSSR count). The number of carbonyl (C=O) groups excluding carboxylic acids is 1. The van der Waals surface area contributed by atoms with Crippen molar-refractivity contribution < 1.29 is 9.53 Å². The van der Waals surface area contributed by atoms with Gasteiger partial charge in [0.05, 0.1) is 6.10 Å². The molecule has 5 heteroatoms. The van der Waals surface area contributed by atoms with Gasteiger partial charge in [-0.1, -0.05) is 13.8 Å². The summed E-state index contributed by atoms with van der Waals surface area (Å²) in [6, 6.07) is 7.44. The maximum Gasteiger partial charge on any atom is 0.226 e. The summed E-state index contributed by atoms with van der Waals surface area (Å²) in [7, 11) is 0. The molecule has 0 heterocycles. The van der Waals surface area contributed by atoms with Crippen molar-refractivity contribution in [2.24, 2.45) is 5.92 Å². The largest absolute Gasteiger partial charge is 0.491 e. The second kappa shape index (κ2) is 7.85. The number of nitrogens with one attached hydrogen (secondary N) is 2. The number of hydrogen-bond acceptors (Lipinski definition) is 3. The first kappa shape index (κ1) is 16.4. The van der Waals surface area contributed by atoms with Crippen LogP contribution in [-0.2, 0) is 4.79 Å². The summed E-state index contributed by atoms with van der Waals surface area (Å²) < 4.78 is 5.55. The first-order valence-corrected chi connectivity index (χ1v) is 7.15. The molecule has 1 aromatic rings. The molecule has 1 amide bonds. The summed E-state index contributed by atoms with van der Waals surface area (Å²) in [4.78, 5) is 11.6. The third-order valence-corrected chi connectivity index (χ3v) is 2.53. The number of ether oxygens (including phenoxy) is 1. The summed E-state index contributed by atoms with van der Waals surface area (Å²) in [6.45, 7) is 7.93. The Balaban J connectivity index is 2.48. The Kier molecular flexibility index (Phi) is 6.45. The van der Waals surface area contributed by atoms with Crippen LogP contribution in [0.1, 0.15) is 34.1 Å². The SMILES string of the molecule is CC(C)CC(=O)NC(=S)Nc1ccc(OC(C)C)cc1. The lowest BCUT2D eigenvalue weighted by Crippen LogP contribution is -2.34. The summed E-state index contributed by atoms with van der Waals surface area (Å²) in [5.41, 5.74) is 0.816. The molecule has 0 spiro atoms. The van der Waals surface area contributed by atoms with Gasteiger partial charge in [0.1, 0.15) is 5.75 Å². The van der Waals surface area contributed by atoms with E-state index in [-0.39, 0.29) is 12.0 Å². The molecule has 0 aliphatic rings. The van der Waals surface area contributed by atoms with Crippen LogP contribution in [0.5, 0.6) is 5.75 Å². The number of benzene rings is 1. The van der Waals surface area contributed by atoms with Crippen LogP contribution in [0.3, 0.4) is 0 Å². The molecule has 0 saturated carbocycles. The summed E-state index contributed by atoms with van der Waals surface area (Å²) >= 11 is 5.09. The van der Waals surface area contributed by atoms with Crippen molar-refractivity contribution in [2.45, 2.75) is 40.2 Å². The molecule has 0 saturated heterocycles. The van der Waals surface area contributed by atoms with Crippen molar-refractivity contribution in [1.82, 2.24) is 5.32 Å². The van der Waals surface area contributed by atoms with Gasteiger partial charge in [0, 0.05) is 12.1 Å². The molecule has 0 atom stereocenters. The van der Waals surface area contributed by atoms with E-state index in [2.05, 4.69) is 10.6 Å². The number of carbonyl (C=O) groups is 1. The van der Waals surface area contributed by atoms with Crippen LogP contribution >= 0.6 is 12.2 Å². The smallest absolute Gasteiger partial charge is 0.226 e. The van der Waals surface area contributed by atoms with Crippen molar-refractivity contribution in [3.63, 3.8) is 0 Å². The Hall–Kier alpha value is -1.62. The highest BCUT2D eigenvalue weighted by Crippen LogP contribution is 2.16. The molecule has 4 nitrogen and oxygen atoms in total. The van der Waals surface area contributed by atoms with Gasteiger partial charge in [-0.2, -0.15) is 0 Å². The van der Waals surface area contributed by atoms with Crippen LogP contribution in [0.25, 0.3) is 0 Å². The molecule has 0 radical (unpaired) electrons. The van der Waals surface area contributed by atoms with Crippen LogP contribution in [0, 0.1) is 5.92 Å². The van der Waals surface area contributed by atoms with E-state index < -0.39 is 0 Å². The number of hydrogen-bond donors (Lipinski definition) is 2. The molecule has 0 aromatic heterocycles. The van der Waals surface area contributed by atoms with Crippen molar-refractivity contribution in [3.05, 3.63) is 24.3 Å². The van der Waals surface area contributed by atoms with Gasteiger partial charge in [-0.25, -0.2) is 0 Å². The Bertz CT molecular complexity index is 455. The molecule has 0 unspecified atom stereocenters. The molecule has 0 bridgehead atoms. The summed E-state index contributed by atoms with van der Waals surface area (Å²) in [5, 5.41) is 5.94. The minimum absolute atomic E-state index is 0.0720. The van der Waals surface area contributed by atoms with Crippen LogP contribution in [0.4, 0.5) is 5.69 Å². The third-order valence-electron chi connectivity index (χ3n) is 2.33. The van der Waals surface area contributed by atoms with E-state index in [4.69, 9.17) is 17.0 Å². The van der Waals surface area contributed by atoms with Crippen LogP contribution in [0.15, 0.2) is 24.3 Å². The Morgan fingerprint density at radius 3 is 2.30 bits per heavy atom. The molecule has 1 aromatic carbocycles. The summed E-state index contributed by atoms with van der Waals surface area (Å²) in [6.07, 6.45) is 0.605. The minimum Gasteiger partial charge on any atom is -0.491 e. The highest BCUT2D eigenvalue weighted by atomic mass is 32.1. The predicted molar refractivity (Wildman–Crippen MR) is 86.0 cm³/mol. The monoisotopic (exact) mass is 294 g/mol. The zero-order chi connectivity index (χ0) is 15.1. The van der Waals surface area contributed by atoms with Gasteiger partial charge in [-0.15, -0.1) is 0 Å². The van der Waals surface area contributed by atoms with Gasteiger partial charge < -0.3 is 15.4 Å². The first-order chi connectivity index (χ1) is 9.36. The Morgan fingerprint density at radius 2 is 1.80 bits per heavy atom. The fourth-order valence-electron chi connectivity index (χ4n) is 1.60. The Morgan fingerprint density at radius 1 is 1.20 bits per heavy atom. The molecule has 2 N–H and O–H groups in total. The molecule has 0 fully saturated rings. The van der Waals surface area contributed by atoms with Gasteiger partial charge in [0.25, 0.3) is 0 Å². The van der Waals surface area contributed by atoms with E-state index in [1.807, 2.05) is 52.0 Å². The van der Waals surface area contributed by atoms with Gasteiger partial charge in [0.2, 0.25) is 5.91 Å². The normalized spacial score (nSPS) is 10.5. The molecule has 110 valence electrons. The van der Waals surface area contributed by atoms with E-state index in [0.29, 0.717) is 17.5 Å². The lowest BCUT2D eigenvalue weighted by molar-refractivity contribution is -0.120. The van der Waals surface area contributed by atoms with Crippen molar-refractivity contribution in [3.8, 4) is 5.75 Å². The lowest BCUT2D eigenvalue weighted by Gasteiger charge is -2.12. The second-order valence-electron chi connectivity index (χ2n) is 5.29. The zero-order valence-electron chi connectivity index (χ0n) is 12.4. The van der Waals surface area contributed by atoms with Gasteiger partial charge in [-0.05, 0) is 56.2 Å². The maximum absolute atomic E-state index is 11.6. The Labute approximate surface area is 125 Å².